The summed E-state index contributed by atoms with van der Waals surface area (Å²) in [5.74, 6) is -1.60. The molecule has 6 nitrogen and oxygen atoms in total. The van der Waals surface area contributed by atoms with Crippen molar-refractivity contribution in [2.45, 2.75) is 25.7 Å². The molecule has 0 saturated carbocycles. The summed E-state index contributed by atoms with van der Waals surface area (Å²) in [4.78, 5) is 36.9. The van der Waals surface area contributed by atoms with Crippen molar-refractivity contribution in [2.75, 3.05) is 18.4 Å². The van der Waals surface area contributed by atoms with Crippen molar-refractivity contribution in [1.82, 2.24) is 4.90 Å². The Morgan fingerprint density at radius 3 is 2.75 bits per heavy atom. The van der Waals surface area contributed by atoms with Gasteiger partial charge in [-0.2, -0.15) is 0 Å². The van der Waals surface area contributed by atoms with Gasteiger partial charge in [-0.1, -0.05) is 18.2 Å². The highest BCUT2D eigenvalue weighted by Gasteiger charge is 2.32. The average molecular weight is 353 g/mol. The molecule has 0 radical (unpaired) electrons. The van der Waals surface area contributed by atoms with Gasteiger partial charge in [0, 0.05) is 31.1 Å². The Morgan fingerprint density at radius 2 is 2.04 bits per heavy atom. The first-order chi connectivity index (χ1) is 11.0. The molecule has 2 heterocycles. The molecule has 2 aliphatic heterocycles. The van der Waals surface area contributed by atoms with Gasteiger partial charge in [0.25, 0.3) is 0 Å². The van der Waals surface area contributed by atoms with Gasteiger partial charge in [-0.3, -0.25) is 14.4 Å². The fourth-order valence-electron chi connectivity index (χ4n) is 3.29. The Labute approximate surface area is 146 Å². The second-order valence-corrected chi connectivity index (χ2v) is 6.25. The number of fused-ring (bicyclic) bond motifs is 1. The van der Waals surface area contributed by atoms with E-state index in [4.69, 9.17) is 5.11 Å². The van der Waals surface area contributed by atoms with Crippen LogP contribution >= 0.6 is 12.4 Å². The SMILES string of the molecule is Cl.O=C(O)C1CCN(C(=O)CCC2Cc3ccccc3NC2=O)C1. The van der Waals surface area contributed by atoms with E-state index in [9.17, 15) is 14.4 Å². The number of nitrogens with one attached hydrogen (secondary N) is 1. The largest absolute Gasteiger partial charge is 0.481 e. The fraction of sp³-hybridized carbons (Fsp3) is 0.471. The van der Waals surface area contributed by atoms with Gasteiger partial charge in [-0.15, -0.1) is 12.4 Å². The van der Waals surface area contributed by atoms with E-state index < -0.39 is 11.9 Å². The van der Waals surface area contributed by atoms with Crippen LogP contribution in [0.4, 0.5) is 5.69 Å². The smallest absolute Gasteiger partial charge is 0.308 e. The van der Waals surface area contributed by atoms with Crippen LogP contribution in [-0.4, -0.2) is 40.9 Å². The van der Waals surface area contributed by atoms with Crippen molar-refractivity contribution in [2.24, 2.45) is 11.8 Å². The lowest BCUT2D eigenvalue weighted by atomic mass is 9.89. The lowest BCUT2D eigenvalue weighted by Gasteiger charge is -2.25. The third-order valence-electron chi connectivity index (χ3n) is 4.71. The number of carbonyl (C=O) groups is 3. The number of rotatable bonds is 4. The number of benzene rings is 1. The molecule has 2 amide bonds. The topological polar surface area (TPSA) is 86.7 Å². The first kappa shape index (κ1) is 18.3. The number of nitrogens with zero attached hydrogens (tertiary/aromatic N) is 1. The van der Waals surface area contributed by atoms with Crippen molar-refractivity contribution < 1.29 is 19.5 Å². The average Bonchev–Trinajstić information content (AvgIpc) is 3.03. The number of halogens is 1. The Balaban J connectivity index is 0.00000208. The molecule has 3 rings (SSSR count). The minimum Gasteiger partial charge on any atom is -0.481 e. The second kappa shape index (κ2) is 7.66. The highest BCUT2D eigenvalue weighted by atomic mass is 35.5. The van der Waals surface area contributed by atoms with Crippen molar-refractivity contribution in [3.8, 4) is 0 Å². The van der Waals surface area contributed by atoms with Gasteiger partial charge >= 0.3 is 5.97 Å². The number of amides is 2. The number of carboxylic acid groups (broad SMARTS) is 1. The highest BCUT2D eigenvalue weighted by molar-refractivity contribution is 5.96. The van der Waals surface area contributed by atoms with Gasteiger partial charge in [0.1, 0.15) is 0 Å². The van der Waals surface area contributed by atoms with E-state index in [2.05, 4.69) is 5.32 Å². The molecular formula is C17H21ClN2O4. The van der Waals surface area contributed by atoms with Gasteiger partial charge in [0.2, 0.25) is 11.8 Å². The summed E-state index contributed by atoms with van der Waals surface area (Å²) >= 11 is 0. The highest BCUT2D eigenvalue weighted by Crippen LogP contribution is 2.28. The zero-order valence-corrected chi connectivity index (χ0v) is 14.1. The third-order valence-corrected chi connectivity index (χ3v) is 4.71. The maximum Gasteiger partial charge on any atom is 0.308 e. The number of para-hydroxylation sites is 1. The second-order valence-electron chi connectivity index (χ2n) is 6.25. The number of anilines is 1. The quantitative estimate of drug-likeness (QED) is 0.866. The summed E-state index contributed by atoms with van der Waals surface area (Å²) < 4.78 is 0. The molecule has 2 aliphatic rings. The van der Waals surface area contributed by atoms with E-state index in [1.165, 1.54) is 0 Å². The number of carbonyl (C=O) groups excluding carboxylic acids is 2. The summed E-state index contributed by atoms with van der Waals surface area (Å²) in [7, 11) is 0. The Kier molecular flexibility index (Phi) is 5.83. The first-order valence-corrected chi connectivity index (χ1v) is 7.94. The molecule has 1 aromatic carbocycles. The third kappa shape index (κ3) is 3.87. The van der Waals surface area contributed by atoms with Crippen LogP contribution in [0.25, 0.3) is 0 Å². The molecule has 1 aromatic rings. The summed E-state index contributed by atoms with van der Waals surface area (Å²) in [6.07, 6.45) is 1.94. The normalized spacial score (nSPS) is 22.3. The molecule has 1 fully saturated rings. The van der Waals surface area contributed by atoms with Crippen LogP contribution in [0.1, 0.15) is 24.8 Å². The Hall–Kier alpha value is -2.08. The van der Waals surface area contributed by atoms with Crippen LogP contribution in [-0.2, 0) is 20.8 Å². The lowest BCUT2D eigenvalue weighted by Crippen LogP contribution is -2.33. The predicted molar refractivity (Wildman–Crippen MR) is 91.1 cm³/mol. The molecule has 0 bridgehead atoms. The molecule has 2 N–H and O–H groups in total. The maximum atomic E-state index is 12.2. The van der Waals surface area contributed by atoms with Crippen LogP contribution < -0.4 is 5.32 Å². The van der Waals surface area contributed by atoms with Crippen molar-refractivity contribution in [1.29, 1.82) is 0 Å². The number of likely N-dealkylation sites (tertiary alicyclic amines) is 1. The van der Waals surface area contributed by atoms with Crippen molar-refractivity contribution in [3.05, 3.63) is 29.8 Å². The molecule has 130 valence electrons. The number of carboxylic acids is 1. The molecule has 2 atom stereocenters. The monoisotopic (exact) mass is 352 g/mol. The summed E-state index contributed by atoms with van der Waals surface area (Å²) in [6.45, 7) is 0.781. The van der Waals surface area contributed by atoms with E-state index >= 15 is 0 Å². The van der Waals surface area contributed by atoms with Gasteiger partial charge in [-0.05, 0) is 30.9 Å². The zero-order chi connectivity index (χ0) is 16.4. The van der Waals surface area contributed by atoms with Gasteiger partial charge in [0.15, 0.2) is 0 Å². The van der Waals surface area contributed by atoms with Gasteiger partial charge in [0.05, 0.1) is 5.92 Å². The van der Waals surface area contributed by atoms with Crippen LogP contribution in [0, 0.1) is 11.8 Å². The zero-order valence-electron chi connectivity index (χ0n) is 13.2. The fourth-order valence-corrected chi connectivity index (χ4v) is 3.29. The summed E-state index contributed by atoms with van der Waals surface area (Å²) in [5.41, 5.74) is 1.94. The van der Waals surface area contributed by atoms with Crippen LogP contribution in [0.2, 0.25) is 0 Å². The summed E-state index contributed by atoms with van der Waals surface area (Å²) in [6, 6.07) is 7.69. The van der Waals surface area contributed by atoms with Crippen LogP contribution in [0.15, 0.2) is 24.3 Å². The number of hydrogen-bond donors (Lipinski definition) is 2. The molecule has 1 saturated heterocycles. The lowest BCUT2D eigenvalue weighted by molar-refractivity contribution is -0.141. The molecule has 24 heavy (non-hydrogen) atoms. The van der Waals surface area contributed by atoms with Gasteiger partial charge < -0.3 is 15.3 Å². The molecule has 2 unspecified atom stereocenters. The summed E-state index contributed by atoms with van der Waals surface area (Å²) in [5, 5.41) is 11.9. The van der Waals surface area contributed by atoms with Gasteiger partial charge in [-0.25, -0.2) is 0 Å². The molecule has 7 heteroatoms. The molecule has 0 aliphatic carbocycles. The van der Waals surface area contributed by atoms with E-state index in [0.717, 1.165) is 11.3 Å². The molecular weight excluding hydrogens is 332 g/mol. The predicted octanol–water partition coefficient (Wildman–Crippen LogP) is 1.93. The van der Waals surface area contributed by atoms with E-state index in [-0.39, 0.29) is 43.1 Å². The first-order valence-electron chi connectivity index (χ1n) is 7.94. The Bertz CT molecular complexity index is 649. The molecule has 0 aromatic heterocycles. The number of aliphatic carboxylic acids is 1. The minimum atomic E-state index is -0.844. The van der Waals surface area contributed by atoms with Crippen LogP contribution in [0.3, 0.4) is 0 Å². The van der Waals surface area contributed by atoms with Crippen molar-refractivity contribution >= 4 is 35.9 Å². The van der Waals surface area contributed by atoms with E-state index in [0.29, 0.717) is 25.8 Å². The minimum absolute atomic E-state index is 0. The van der Waals surface area contributed by atoms with Crippen LogP contribution in [0.5, 0.6) is 0 Å². The van der Waals surface area contributed by atoms with Crippen molar-refractivity contribution in [3.63, 3.8) is 0 Å². The molecule has 0 spiro atoms. The number of hydrogen-bond acceptors (Lipinski definition) is 3. The Morgan fingerprint density at radius 1 is 1.29 bits per heavy atom. The van der Waals surface area contributed by atoms with E-state index in [1.54, 1.807) is 4.90 Å². The standard InChI is InChI=1S/C17H20N2O4.ClH/c20-15(19-8-7-13(10-19)17(22)23)6-5-12-9-11-3-1-2-4-14(11)18-16(12)21;/h1-4,12-13H,5-10H2,(H,18,21)(H,22,23);1H. The van der Waals surface area contributed by atoms with E-state index in [1.807, 2.05) is 24.3 Å². The maximum absolute atomic E-state index is 12.2.